The number of aryl methyl sites for hydroxylation is 1. The Morgan fingerprint density at radius 2 is 1.93 bits per heavy atom. The average molecular weight is 480 g/mol. The van der Waals surface area contributed by atoms with E-state index in [1.165, 1.54) is 24.1 Å². The number of methoxy groups -OCH3 is 2. The van der Waals surface area contributed by atoms with E-state index in [0.717, 1.165) is 10.0 Å². The monoisotopic (exact) mass is 479 g/mol. The summed E-state index contributed by atoms with van der Waals surface area (Å²) in [5.41, 5.74) is 0.883. The Bertz CT molecular complexity index is 922. The van der Waals surface area contributed by atoms with E-state index in [1.54, 1.807) is 19.2 Å². The highest BCUT2D eigenvalue weighted by atomic mass is 79.9. The molecule has 0 radical (unpaired) electrons. The van der Waals surface area contributed by atoms with Gasteiger partial charge in [-0.05, 0) is 42.3 Å². The molecule has 1 saturated heterocycles. The zero-order chi connectivity index (χ0) is 21.7. The number of benzene rings is 2. The van der Waals surface area contributed by atoms with Crippen LogP contribution in [-0.2, 0) is 20.7 Å². The van der Waals surface area contributed by atoms with Gasteiger partial charge in [0.2, 0.25) is 5.91 Å². The molecule has 0 aromatic heterocycles. The van der Waals surface area contributed by atoms with Crippen molar-refractivity contribution in [2.45, 2.75) is 31.4 Å². The summed E-state index contributed by atoms with van der Waals surface area (Å²) < 4.78 is 30.7. The van der Waals surface area contributed by atoms with Gasteiger partial charge >= 0.3 is 5.97 Å². The summed E-state index contributed by atoms with van der Waals surface area (Å²) in [5.74, 6) is -0.411. The maximum absolute atomic E-state index is 13.9. The van der Waals surface area contributed by atoms with Crippen molar-refractivity contribution in [2.24, 2.45) is 0 Å². The van der Waals surface area contributed by atoms with Crippen molar-refractivity contribution in [1.29, 1.82) is 0 Å². The van der Waals surface area contributed by atoms with Gasteiger partial charge < -0.3 is 19.1 Å². The van der Waals surface area contributed by atoms with Crippen LogP contribution in [0.2, 0.25) is 0 Å². The Hall–Kier alpha value is -2.61. The number of hydrogen-bond acceptors (Lipinski definition) is 5. The third kappa shape index (κ3) is 5.11. The molecule has 1 fully saturated rings. The Morgan fingerprint density at radius 3 is 2.63 bits per heavy atom. The number of esters is 1. The van der Waals surface area contributed by atoms with Gasteiger partial charge in [-0.15, -0.1) is 0 Å². The van der Waals surface area contributed by atoms with Crippen LogP contribution in [0, 0.1) is 5.82 Å². The van der Waals surface area contributed by atoms with Gasteiger partial charge in [-0.3, -0.25) is 4.79 Å². The van der Waals surface area contributed by atoms with Crippen LogP contribution in [0.4, 0.5) is 4.39 Å². The van der Waals surface area contributed by atoms with E-state index in [2.05, 4.69) is 15.9 Å². The first kappa shape index (κ1) is 22.1. The first-order chi connectivity index (χ1) is 14.4. The van der Waals surface area contributed by atoms with Gasteiger partial charge in [0, 0.05) is 17.3 Å². The summed E-state index contributed by atoms with van der Waals surface area (Å²) in [6.45, 7) is 0.183. The van der Waals surface area contributed by atoms with Crippen LogP contribution < -0.4 is 9.47 Å². The van der Waals surface area contributed by atoms with Gasteiger partial charge in [-0.25, -0.2) is 9.18 Å². The molecule has 0 saturated carbocycles. The van der Waals surface area contributed by atoms with Crippen LogP contribution in [0.25, 0.3) is 0 Å². The number of amides is 1. The lowest BCUT2D eigenvalue weighted by atomic mass is 10.1. The number of para-hydroxylation sites is 1. The molecule has 1 amide bonds. The fraction of sp³-hybridized carbons (Fsp3) is 0.364. The molecule has 0 bridgehead atoms. The summed E-state index contributed by atoms with van der Waals surface area (Å²) in [6, 6.07) is 10.9. The lowest BCUT2D eigenvalue weighted by Crippen LogP contribution is -2.41. The van der Waals surface area contributed by atoms with Crippen molar-refractivity contribution in [3.05, 3.63) is 58.3 Å². The maximum atomic E-state index is 13.9. The second-order valence-corrected chi connectivity index (χ2v) is 7.86. The molecule has 3 rings (SSSR count). The first-order valence-electron chi connectivity index (χ1n) is 9.53. The zero-order valence-corrected chi connectivity index (χ0v) is 18.4. The molecular weight excluding hydrogens is 457 g/mol. The summed E-state index contributed by atoms with van der Waals surface area (Å²) in [7, 11) is 2.86. The largest absolute Gasteiger partial charge is 0.496 e. The van der Waals surface area contributed by atoms with E-state index < -0.39 is 23.9 Å². The minimum atomic E-state index is -0.760. The average Bonchev–Trinajstić information content (AvgIpc) is 3.17. The van der Waals surface area contributed by atoms with Crippen molar-refractivity contribution < 1.29 is 28.2 Å². The molecule has 2 aromatic rings. The minimum Gasteiger partial charge on any atom is -0.496 e. The van der Waals surface area contributed by atoms with Gasteiger partial charge in [-0.2, -0.15) is 0 Å². The standard InChI is InChI=1S/C22H23BrFNO5/c1-28-19-9-8-15(23)11-14(19)7-10-21(26)25-13-16(12-18(25)22(27)29-2)30-20-6-4-3-5-17(20)24/h3-6,8-9,11,16,18H,7,10,12-13H2,1-2H3. The number of halogens is 2. The van der Waals surface area contributed by atoms with Gasteiger partial charge in [0.15, 0.2) is 11.6 Å². The molecule has 1 aliphatic rings. The molecule has 1 heterocycles. The van der Waals surface area contributed by atoms with Gasteiger partial charge in [0.05, 0.1) is 20.8 Å². The van der Waals surface area contributed by atoms with E-state index in [4.69, 9.17) is 14.2 Å². The highest BCUT2D eigenvalue weighted by Crippen LogP contribution is 2.28. The molecule has 0 N–H and O–H groups in total. The fourth-order valence-electron chi connectivity index (χ4n) is 3.57. The lowest BCUT2D eigenvalue weighted by Gasteiger charge is -2.22. The third-order valence-electron chi connectivity index (χ3n) is 5.04. The number of carbonyl (C=O) groups is 2. The number of likely N-dealkylation sites (tertiary alicyclic amines) is 1. The summed E-state index contributed by atoms with van der Waals surface area (Å²) in [5, 5.41) is 0. The fourth-order valence-corrected chi connectivity index (χ4v) is 3.97. The van der Waals surface area contributed by atoms with Crippen LogP contribution in [0.1, 0.15) is 18.4 Å². The molecule has 160 valence electrons. The van der Waals surface area contributed by atoms with Crippen molar-refractivity contribution >= 4 is 27.8 Å². The van der Waals surface area contributed by atoms with Crippen molar-refractivity contribution in [2.75, 3.05) is 20.8 Å². The number of hydrogen-bond donors (Lipinski definition) is 0. The minimum absolute atomic E-state index is 0.0966. The highest BCUT2D eigenvalue weighted by molar-refractivity contribution is 9.10. The van der Waals surface area contributed by atoms with Gasteiger partial charge in [0.1, 0.15) is 17.9 Å². The lowest BCUT2D eigenvalue weighted by molar-refractivity contribution is -0.150. The SMILES string of the molecule is COC(=O)C1CC(Oc2ccccc2F)CN1C(=O)CCc1cc(Br)ccc1OC. The second-order valence-electron chi connectivity index (χ2n) is 6.95. The van der Waals surface area contributed by atoms with Crippen LogP contribution in [0.5, 0.6) is 11.5 Å². The predicted molar refractivity (Wildman–Crippen MR) is 112 cm³/mol. The first-order valence-corrected chi connectivity index (χ1v) is 10.3. The van der Waals surface area contributed by atoms with E-state index >= 15 is 0 Å². The molecule has 0 spiro atoms. The summed E-state index contributed by atoms with van der Waals surface area (Å²) in [6.07, 6.45) is 0.375. The van der Waals surface area contributed by atoms with E-state index in [0.29, 0.717) is 12.2 Å². The van der Waals surface area contributed by atoms with Crippen molar-refractivity contribution in [1.82, 2.24) is 4.90 Å². The third-order valence-corrected chi connectivity index (χ3v) is 5.53. The zero-order valence-electron chi connectivity index (χ0n) is 16.8. The Kier molecular flexibility index (Phi) is 7.31. The second kappa shape index (κ2) is 9.93. The number of rotatable bonds is 7. The molecule has 2 atom stereocenters. The number of nitrogens with zero attached hydrogens (tertiary/aromatic N) is 1. The van der Waals surface area contributed by atoms with E-state index in [9.17, 15) is 14.0 Å². The molecule has 8 heteroatoms. The summed E-state index contributed by atoms with van der Waals surface area (Å²) >= 11 is 3.42. The smallest absolute Gasteiger partial charge is 0.328 e. The normalized spacial score (nSPS) is 18.2. The molecular formula is C22H23BrFNO5. The van der Waals surface area contributed by atoms with Crippen LogP contribution in [-0.4, -0.2) is 49.7 Å². The molecule has 1 aliphatic heterocycles. The highest BCUT2D eigenvalue weighted by Gasteiger charge is 2.41. The quantitative estimate of drug-likeness (QED) is 0.565. The molecule has 2 aromatic carbocycles. The van der Waals surface area contributed by atoms with Crippen LogP contribution in [0.15, 0.2) is 46.9 Å². The van der Waals surface area contributed by atoms with Crippen molar-refractivity contribution in [3.8, 4) is 11.5 Å². The Balaban J connectivity index is 1.70. The summed E-state index contributed by atoms with van der Waals surface area (Å²) in [4.78, 5) is 26.6. The predicted octanol–water partition coefficient (Wildman–Crippen LogP) is 3.75. The molecule has 0 aliphatic carbocycles. The molecule has 6 nitrogen and oxygen atoms in total. The molecule has 2 unspecified atom stereocenters. The number of carbonyl (C=O) groups excluding carboxylic acids is 2. The Morgan fingerprint density at radius 1 is 1.17 bits per heavy atom. The van der Waals surface area contributed by atoms with Crippen LogP contribution >= 0.6 is 15.9 Å². The van der Waals surface area contributed by atoms with E-state index in [-0.39, 0.29) is 31.0 Å². The van der Waals surface area contributed by atoms with Crippen molar-refractivity contribution in [3.63, 3.8) is 0 Å². The van der Waals surface area contributed by atoms with E-state index in [1.807, 2.05) is 18.2 Å². The maximum Gasteiger partial charge on any atom is 0.328 e. The number of ether oxygens (including phenoxy) is 3. The Labute approximate surface area is 183 Å². The topological polar surface area (TPSA) is 65.1 Å². The van der Waals surface area contributed by atoms with Gasteiger partial charge in [-0.1, -0.05) is 28.1 Å². The van der Waals surface area contributed by atoms with Crippen LogP contribution in [0.3, 0.4) is 0 Å². The van der Waals surface area contributed by atoms with Gasteiger partial charge in [0.25, 0.3) is 0 Å². The molecule has 30 heavy (non-hydrogen) atoms.